The number of benzene rings is 1. The zero-order chi connectivity index (χ0) is 16.0. The SMILES string of the molecule is Cc1cc([C@@H](C)N)c2oc(-c3ccnn3C)c(C)c(=O)c2c1. The first-order valence-corrected chi connectivity index (χ1v) is 7.22. The number of rotatable bonds is 2. The van der Waals surface area contributed by atoms with Crippen molar-refractivity contribution in [3.63, 3.8) is 0 Å². The minimum Gasteiger partial charge on any atom is -0.454 e. The summed E-state index contributed by atoms with van der Waals surface area (Å²) in [5.74, 6) is 0.545. The van der Waals surface area contributed by atoms with Crippen molar-refractivity contribution in [2.75, 3.05) is 0 Å². The Hall–Kier alpha value is -2.40. The molecule has 2 heterocycles. The first kappa shape index (κ1) is 14.5. The summed E-state index contributed by atoms with van der Waals surface area (Å²) in [4.78, 5) is 12.8. The molecule has 5 heteroatoms. The van der Waals surface area contributed by atoms with E-state index in [1.54, 1.807) is 17.8 Å². The standard InChI is InChI=1S/C17H19N3O2/c1-9-7-12(11(3)18)17-13(8-9)15(21)10(2)16(22-17)14-5-6-19-20(14)4/h5-8,11H,18H2,1-4H3/t11-/m1/s1. The number of hydrogen-bond donors (Lipinski definition) is 1. The van der Waals surface area contributed by atoms with Gasteiger partial charge in [-0.15, -0.1) is 0 Å². The van der Waals surface area contributed by atoms with Gasteiger partial charge in [0, 0.05) is 30.4 Å². The summed E-state index contributed by atoms with van der Waals surface area (Å²) in [6.45, 7) is 5.62. The van der Waals surface area contributed by atoms with Crippen LogP contribution in [0.3, 0.4) is 0 Å². The first-order chi connectivity index (χ1) is 10.4. The maximum atomic E-state index is 12.8. The Bertz CT molecular complexity index is 920. The van der Waals surface area contributed by atoms with Gasteiger partial charge in [0.25, 0.3) is 0 Å². The van der Waals surface area contributed by atoms with Gasteiger partial charge in [0.1, 0.15) is 11.3 Å². The van der Waals surface area contributed by atoms with Gasteiger partial charge in [-0.3, -0.25) is 9.48 Å². The van der Waals surface area contributed by atoms with Gasteiger partial charge in [0.2, 0.25) is 0 Å². The van der Waals surface area contributed by atoms with Gasteiger partial charge < -0.3 is 10.2 Å². The Labute approximate surface area is 128 Å². The van der Waals surface area contributed by atoms with Crippen molar-refractivity contribution in [3.8, 4) is 11.5 Å². The number of fused-ring (bicyclic) bond motifs is 1. The lowest BCUT2D eigenvalue weighted by Gasteiger charge is -2.13. The van der Waals surface area contributed by atoms with E-state index in [1.165, 1.54) is 0 Å². The van der Waals surface area contributed by atoms with E-state index < -0.39 is 0 Å². The molecule has 1 atom stereocenters. The van der Waals surface area contributed by atoms with E-state index in [-0.39, 0.29) is 11.5 Å². The molecule has 0 aliphatic heterocycles. The van der Waals surface area contributed by atoms with Crippen LogP contribution in [0.25, 0.3) is 22.4 Å². The third-order valence-electron chi connectivity index (χ3n) is 3.94. The van der Waals surface area contributed by atoms with E-state index in [9.17, 15) is 4.79 Å². The topological polar surface area (TPSA) is 74.0 Å². The number of aryl methyl sites for hydroxylation is 2. The van der Waals surface area contributed by atoms with Crippen LogP contribution in [-0.4, -0.2) is 9.78 Å². The maximum Gasteiger partial charge on any atom is 0.196 e. The molecule has 2 aromatic heterocycles. The van der Waals surface area contributed by atoms with E-state index >= 15 is 0 Å². The molecule has 22 heavy (non-hydrogen) atoms. The molecule has 0 aliphatic carbocycles. The van der Waals surface area contributed by atoms with Crippen molar-refractivity contribution in [3.05, 3.63) is 51.3 Å². The Balaban J connectivity index is 2.46. The van der Waals surface area contributed by atoms with Crippen LogP contribution in [0.5, 0.6) is 0 Å². The minimum atomic E-state index is -0.215. The Morgan fingerprint density at radius 2 is 2.05 bits per heavy atom. The molecule has 0 radical (unpaired) electrons. The monoisotopic (exact) mass is 297 g/mol. The Morgan fingerprint density at radius 3 is 2.64 bits per heavy atom. The summed E-state index contributed by atoms with van der Waals surface area (Å²) in [7, 11) is 1.82. The Morgan fingerprint density at radius 1 is 1.32 bits per heavy atom. The van der Waals surface area contributed by atoms with Crippen LogP contribution in [0.1, 0.15) is 29.7 Å². The highest BCUT2D eigenvalue weighted by Crippen LogP contribution is 2.29. The molecule has 114 valence electrons. The van der Waals surface area contributed by atoms with Crippen molar-refractivity contribution in [1.29, 1.82) is 0 Å². The summed E-state index contributed by atoms with van der Waals surface area (Å²) in [6, 6.07) is 5.44. The first-order valence-electron chi connectivity index (χ1n) is 7.22. The van der Waals surface area contributed by atoms with Gasteiger partial charge in [0.15, 0.2) is 11.2 Å². The molecule has 3 rings (SSSR count). The molecular weight excluding hydrogens is 278 g/mol. The van der Waals surface area contributed by atoms with Crippen LogP contribution in [0.15, 0.2) is 33.6 Å². The lowest BCUT2D eigenvalue weighted by atomic mass is 10.0. The maximum absolute atomic E-state index is 12.8. The van der Waals surface area contributed by atoms with Crippen molar-refractivity contribution in [2.45, 2.75) is 26.8 Å². The third-order valence-corrected chi connectivity index (χ3v) is 3.94. The van der Waals surface area contributed by atoms with E-state index in [4.69, 9.17) is 10.2 Å². The Kier molecular flexibility index (Phi) is 3.37. The zero-order valence-corrected chi connectivity index (χ0v) is 13.2. The molecule has 0 saturated heterocycles. The summed E-state index contributed by atoms with van der Waals surface area (Å²) < 4.78 is 7.80. The summed E-state index contributed by atoms with van der Waals surface area (Å²) in [5, 5.41) is 4.72. The highest BCUT2D eigenvalue weighted by Gasteiger charge is 2.18. The van der Waals surface area contributed by atoms with Crippen molar-refractivity contribution in [2.24, 2.45) is 12.8 Å². The molecule has 2 N–H and O–H groups in total. The smallest absolute Gasteiger partial charge is 0.196 e. The molecule has 0 aliphatic rings. The van der Waals surface area contributed by atoms with Gasteiger partial charge in [0.05, 0.1) is 5.39 Å². The molecule has 0 fully saturated rings. The van der Waals surface area contributed by atoms with Crippen LogP contribution >= 0.6 is 0 Å². The molecule has 1 aromatic carbocycles. The van der Waals surface area contributed by atoms with Gasteiger partial charge in [-0.2, -0.15) is 5.10 Å². The fraction of sp³-hybridized carbons (Fsp3) is 0.294. The molecule has 0 bridgehead atoms. The quantitative estimate of drug-likeness (QED) is 0.789. The normalized spacial score (nSPS) is 12.8. The molecule has 0 amide bonds. The second-order valence-electron chi connectivity index (χ2n) is 5.74. The fourth-order valence-electron chi connectivity index (χ4n) is 2.75. The largest absolute Gasteiger partial charge is 0.454 e. The predicted octanol–water partition coefficient (Wildman–Crippen LogP) is 2.83. The lowest BCUT2D eigenvalue weighted by molar-refractivity contribution is 0.592. The van der Waals surface area contributed by atoms with Gasteiger partial charge >= 0.3 is 0 Å². The highest BCUT2D eigenvalue weighted by atomic mass is 16.3. The minimum absolute atomic E-state index is 0.0250. The molecular formula is C17H19N3O2. The van der Waals surface area contributed by atoms with E-state index in [0.717, 1.165) is 16.8 Å². The predicted molar refractivity (Wildman–Crippen MR) is 86.8 cm³/mol. The molecule has 3 aromatic rings. The van der Waals surface area contributed by atoms with Crippen LogP contribution < -0.4 is 11.2 Å². The fourth-order valence-corrected chi connectivity index (χ4v) is 2.75. The van der Waals surface area contributed by atoms with Crippen LogP contribution in [0, 0.1) is 13.8 Å². The van der Waals surface area contributed by atoms with E-state index in [1.807, 2.05) is 39.1 Å². The number of nitrogens with two attached hydrogens (primary N) is 1. The number of hydrogen-bond acceptors (Lipinski definition) is 4. The zero-order valence-electron chi connectivity index (χ0n) is 13.2. The average Bonchev–Trinajstić information content (AvgIpc) is 2.88. The van der Waals surface area contributed by atoms with Crippen molar-refractivity contribution < 1.29 is 4.42 Å². The summed E-state index contributed by atoms with van der Waals surface area (Å²) in [6.07, 6.45) is 1.68. The van der Waals surface area contributed by atoms with E-state index in [2.05, 4.69) is 5.10 Å². The second-order valence-corrected chi connectivity index (χ2v) is 5.74. The van der Waals surface area contributed by atoms with E-state index in [0.29, 0.717) is 22.3 Å². The molecule has 0 saturated carbocycles. The molecule has 0 spiro atoms. The van der Waals surface area contributed by atoms with Crippen molar-refractivity contribution >= 4 is 11.0 Å². The summed E-state index contributed by atoms with van der Waals surface area (Å²) >= 11 is 0. The summed E-state index contributed by atoms with van der Waals surface area (Å²) in [5.41, 5.74) is 9.79. The van der Waals surface area contributed by atoms with Crippen LogP contribution in [-0.2, 0) is 7.05 Å². The van der Waals surface area contributed by atoms with Gasteiger partial charge in [-0.1, -0.05) is 6.07 Å². The molecule has 5 nitrogen and oxygen atoms in total. The number of aromatic nitrogens is 2. The van der Waals surface area contributed by atoms with Crippen LogP contribution in [0.4, 0.5) is 0 Å². The van der Waals surface area contributed by atoms with Gasteiger partial charge in [-0.25, -0.2) is 0 Å². The van der Waals surface area contributed by atoms with Crippen molar-refractivity contribution in [1.82, 2.24) is 9.78 Å². The van der Waals surface area contributed by atoms with Gasteiger partial charge in [-0.05, 0) is 38.5 Å². The third kappa shape index (κ3) is 2.14. The average molecular weight is 297 g/mol. The second kappa shape index (κ2) is 5.10. The lowest BCUT2D eigenvalue weighted by Crippen LogP contribution is -2.12. The number of nitrogens with zero attached hydrogens (tertiary/aromatic N) is 2. The highest BCUT2D eigenvalue weighted by molar-refractivity contribution is 5.84. The van der Waals surface area contributed by atoms with Crippen LogP contribution in [0.2, 0.25) is 0 Å². The molecule has 0 unspecified atom stereocenters.